The summed E-state index contributed by atoms with van der Waals surface area (Å²) in [7, 11) is 2.12. The molecule has 4 rings (SSSR count). The smallest absolute Gasteiger partial charge is 0.152 e. The summed E-state index contributed by atoms with van der Waals surface area (Å²) in [5.74, 6) is 0.216. The van der Waals surface area contributed by atoms with Gasteiger partial charge in [0, 0.05) is 67.6 Å². The number of ketones is 1. The molecule has 0 unspecified atom stereocenters. The predicted molar refractivity (Wildman–Crippen MR) is 105 cm³/mol. The molecule has 1 aliphatic heterocycles. The molecule has 6 nitrogen and oxygen atoms in total. The van der Waals surface area contributed by atoms with Crippen LogP contribution in [0.3, 0.4) is 0 Å². The fourth-order valence-corrected chi connectivity index (χ4v) is 3.37. The first kappa shape index (κ1) is 17.7. The molecule has 1 aliphatic rings. The lowest BCUT2D eigenvalue weighted by Gasteiger charge is -2.31. The van der Waals surface area contributed by atoms with Gasteiger partial charge in [-0.3, -0.25) is 24.6 Å². The summed E-state index contributed by atoms with van der Waals surface area (Å²) in [5, 5.41) is 2.01. The topological polar surface area (TPSA) is 62.2 Å². The SMILES string of the molecule is CN1CCN(CC(=O)Cc2cc3cc(-c4cccnc4)ncc3cn2)CC1. The number of fused-ring (bicyclic) bond motifs is 1. The van der Waals surface area contributed by atoms with Gasteiger partial charge in [0.15, 0.2) is 5.78 Å². The second-order valence-electron chi connectivity index (χ2n) is 7.13. The number of pyridine rings is 3. The number of rotatable bonds is 5. The molecule has 0 bridgehead atoms. The number of carbonyl (C=O) groups excluding carboxylic acids is 1. The summed E-state index contributed by atoms with van der Waals surface area (Å²) in [6.45, 7) is 4.45. The van der Waals surface area contributed by atoms with Gasteiger partial charge in [-0.25, -0.2) is 0 Å². The fourth-order valence-electron chi connectivity index (χ4n) is 3.37. The molecule has 27 heavy (non-hydrogen) atoms. The van der Waals surface area contributed by atoms with Crippen LogP contribution >= 0.6 is 0 Å². The van der Waals surface area contributed by atoms with Crippen molar-refractivity contribution >= 4 is 16.6 Å². The van der Waals surface area contributed by atoms with Gasteiger partial charge in [-0.2, -0.15) is 0 Å². The molecule has 0 saturated carbocycles. The van der Waals surface area contributed by atoms with E-state index < -0.39 is 0 Å². The van der Waals surface area contributed by atoms with Crippen LogP contribution in [0.1, 0.15) is 5.69 Å². The average molecular weight is 361 g/mol. The number of Topliss-reactive ketones (excluding diaryl/α,β-unsaturated/α-hetero) is 1. The van der Waals surface area contributed by atoms with E-state index in [0.717, 1.165) is 53.9 Å². The first-order valence-electron chi connectivity index (χ1n) is 9.25. The van der Waals surface area contributed by atoms with Gasteiger partial charge in [-0.15, -0.1) is 0 Å². The van der Waals surface area contributed by atoms with Gasteiger partial charge in [0.25, 0.3) is 0 Å². The van der Waals surface area contributed by atoms with Gasteiger partial charge in [0.2, 0.25) is 0 Å². The van der Waals surface area contributed by atoms with Crippen molar-refractivity contribution in [3.8, 4) is 11.3 Å². The van der Waals surface area contributed by atoms with Crippen molar-refractivity contribution in [3.63, 3.8) is 0 Å². The van der Waals surface area contributed by atoms with E-state index in [-0.39, 0.29) is 5.78 Å². The minimum atomic E-state index is 0.216. The number of carbonyl (C=O) groups is 1. The molecule has 1 fully saturated rings. The zero-order chi connectivity index (χ0) is 18.6. The predicted octanol–water partition coefficient (Wildman–Crippen LogP) is 2.05. The number of hydrogen-bond acceptors (Lipinski definition) is 6. The Morgan fingerprint density at radius 3 is 2.63 bits per heavy atom. The number of nitrogens with zero attached hydrogens (tertiary/aromatic N) is 5. The highest BCUT2D eigenvalue weighted by Gasteiger charge is 2.17. The van der Waals surface area contributed by atoms with E-state index in [0.29, 0.717) is 13.0 Å². The maximum atomic E-state index is 12.5. The molecule has 0 amide bonds. The Morgan fingerprint density at radius 1 is 1.04 bits per heavy atom. The third kappa shape index (κ3) is 4.35. The van der Waals surface area contributed by atoms with Crippen molar-refractivity contribution in [2.45, 2.75) is 6.42 Å². The first-order valence-corrected chi connectivity index (χ1v) is 9.25. The second-order valence-corrected chi connectivity index (χ2v) is 7.13. The van der Waals surface area contributed by atoms with Crippen LogP contribution in [0.2, 0.25) is 0 Å². The van der Waals surface area contributed by atoms with E-state index in [1.807, 2.05) is 30.5 Å². The van der Waals surface area contributed by atoms with Crippen molar-refractivity contribution in [3.05, 3.63) is 54.7 Å². The molecule has 0 aromatic carbocycles. The largest absolute Gasteiger partial charge is 0.304 e. The van der Waals surface area contributed by atoms with E-state index >= 15 is 0 Å². The molecule has 138 valence electrons. The monoisotopic (exact) mass is 361 g/mol. The standard InChI is InChI=1S/C21H23N5O/c1-25-5-7-26(8-6-25)15-20(27)11-19-9-17-10-21(16-3-2-4-22-12-16)24-14-18(17)13-23-19/h2-4,9-10,12-14H,5-8,11,15H2,1H3. The molecule has 3 aromatic heterocycles. The third-order valence-corrected chi connectivity index (χ3v) is 4.99. The summed E-state index contributed by atoms with van der Waals surface area (Å²) in [4.78, 5) is 30.1. The van der Waals surface area contributed by atoms with Crippen molar-refractivity contribution in [2.75, 3.05) is 39.8 Å². The van der Waals surface area contributed by atoms with E-state index in [1.165, 1.54) is 0 Å². The van der Waals surface area contributed by atoms with Crippen molar-refractivity contribution in [1.82, 2.24) is 24.8 Å². The number of piperazine rings is 1. The fraction of sp³-hybridized carbons (Fsp3) is 0.333. The van der Waals surface area contributed by atoms with Gasteiger partial charge in [0.05, 0.1) is 18.7 Å². The molecule has 0 radical (unpaired) electrons. The Morgan fingerprint density at radius 2 is 1.85 bits per heavy atom. The second kappa shape index (κ2) is 7.90. The lowest BCUT2D eigenvalue weighted by Crippen LogP contribution is -2.46. The number of aromatic nitrogens is 3. The molecule has 3 aromatic rings. The van der Waals surface area contributed by atoms with Gasteiger partial charge < -0.3 is 4.90 Å². The summed E-state index contributed by atoms with van der Waals surface area (Å²) in [6.07, 6.45) is 7.54. The van der Waals surface area contributed by atoms with E-state index in [4.69, 9.17) is 0 Å². The van der Waals surface area contributed by atoms with Crippen LogP contribution in [0, 0.1) is 0 Å². The van der Waals surface area contributed by atoms with Crippen LogP contribution in [-0.4, -0.2) is 70.3 Å². The third-order valence-electron chi connectivity index (χ3n) is 4.99. The Hall–Kier alpha value is -2.70. The first-order chi connectivity index (χ1) is 13.2. The van der Waals surface area contributed by atoms with Crippen LogP contribution in [0.4, 0.5) is 0 Å². The van der Waals surface area contributed by atoms with Gasteiger partial charge >= 0.3 is 0 Å². The zero-order valence-electron chi connectivity index (χ0n) is 15.5. The number of likely N-dealkylation sites (N-methyl/N-ethyl adjacent to an activating group) is 1. The quantitative estimate of drug-likeness (QED) is 0.693. The van der Waals surface area contributed by atoms with Gasteiger partial charge in [-0.1, -0.05) is 0 Å². The van der Waals surface area contributed by atoms with Gasteiger partial charge in [-0.05, 0) is 36.7 Å². The van der Waals surface area contributed by atoms with E-state index in [2.05, 4.69) is 31.8 Å². The van der Waals surface area contributed by atoms with Crippen LogP contribution in [0.5, 0.6) is 0 Å². The van der Waals surface area contributed by atoms with Crippen molar-refractivity contribution in [1.29, 1.82) is 0 Å². The summed E-state index contributed by atoms with van der Waals surface area (Å²) in [6, 6.07) is 7.92. The normalized spacial score (nSPS) is 15.9. The lowest BCUT2D eigenvalue weighted by atomic mass is 10.1. The Bertz CT molecular complexity index is 936. The maximum absolute atomic E-state index is 12.5. The van der Waals surface area contributed by atoms with Crippen LogP contribution in [0.15, 0.2) is 49.1 Å². The molecule has 4 heterocycles. The van der Waals surface area contributed by atoms with Crippen LogP contribution in [-0.2, 0) is 11.2 Å². The Labute approximate surface area is 158 Å². The average Bonchev–Trinajstić information content (AvgIpc) is 2.70. The minimum absolute atomic E-state index is 0.216. The molecule has 0 aliphatic carbocycles. The molecule has 6 heteroatoms. The maximum Gasteiger partial charge on any atom is 0.152 e. The summed E-state index contributed by atoms with van der Waals surface area (Å²) >= 11 is 0. The van der Waals surface area contributed by atoms with E-state index in [9.17, 15) is 4.79 Å². The van der Waals surface area contributed by atoms with Crippen LogP contribution < -0.4 is 0 Å². The molecular weight excluding hydrogens is 338 g/mol. The summed E-state index contributed by atoms with van der Waals surface area (Å²) in [5.41, 5.74) is 2.66. The minimum Gasteiger partial charge on any atom is -0.304 e. The number of hydrogen-bond donors (Lipinski definition) is 0. The summed E-state index contributed by atoms with van der Waals surface area (Å²) < 4.78 is 0. The van der Waals surface area contributed by atoms with Crippen molar-refractivity contribution in [2.24, 2.45) is 0 Å². The Balaban J connectivity index is 1.48. The van der Waals surface area contributed by atoms with Gasteiger partial charge in [0.1, 0.15) is 0 Å². The zero-order valence-corrected chi connectivity index (χ0v) is 15.5. The van der Waals surface area contributed by atoms with E-state index in [1.54, 1.807) is 18.6 Å². The highest BCUT2D eigenvalue weighted by Crippen LogP contribution is 2.21. The molecule has 1 saturated heterocycles. The molecule has 0 spiro atoms. The molecule has 0 N–H and O–H groups in total. The molecule has 0 atom stereocenters. The van der Waals surface area contributed by atoms with Crippen LogP contribution in [0.25, 0.3) is 22.0 Å². The van der Waals surface area contributed by atoms with Crippen molar-refractivity contribution < 1.29 is 4.79 Å². The lowest BCUT2D eigenvalue weighted by molar-refractivity contribution is -0.120. The Kier molecular flexibility index (Phi) is 5.18. The molecular formula is C21H23N5O. The highest BCUT2D eigenvalue weighted by molar-refractivity contribution is 5.87. The highest BCUT2D eigenvalue weighted by atomic mass is 16.1.